The molecule has 0 radical (unpaired) electrons. The average Bonchev–Trinajstić information content (AvgIpc) is 3.22. The van der Waals surface area contributed by atoms with E-state index < -0.39 is 0 Å². The molecule has 152 valence electrons. The maximum atomic E-state index is 12.4. The third-order valence-electron chi connectivity index (χ3n) is 4.90. The molecule has 0 saturated heterocycles. The predicted molar refractivity (Wildman–Crippen MR) is 123 cm³/mol. The van der Waals surface area contributed by atoms with E-state index in [9.17, 15) is 4.79 Å². The molecule has 5 rings (SSSR count). The minimum Gasteiger partial charge on any atom is -0.270 e. The largest absolute Gasteiger partial charge is 0.270 e. The molecule has 0 aliphatic carbocycles. The fourth-order valence-electron chi connectivity index (χ4n) is 3.46. The Morgan fingerprint density at radius 1 is 0.903 bits per heavy atom. The van der Waals surface area contributed by atoms with Crippen molar-refractivity contribution in [1.82, 2.24) is 24.1 Å². The van der Waals surface area contributed by atoms with Gasteiger partial charge in [-0.3, -0.25) is 13.8 Å². The highest BCUT2D eigenvalue weighted by Crippen LogP contribution is 2.29. The van der Waals surface area contributed by atoms with Crippen molar-refractivity contribution in [1.29, 1.82) is 0 Å². The molecule has 6 nitrogen and oxygen atoms in total. The number of aryl methyl sites for hydroxylation is 1. The molecule has 5 aromatic rings. The number of thioether (sulfide) groups is 1. The number of para-hydroxylation sites is 1. The van der Waals surface area contributed by atoms with Gasteiger partial charge in [-0.2, -0.15) is 0 Å². The molecule has 3 heterocycles. The van der Waals surface area contributed by atoms with Gasteiger partial charge in [0.25, 0.3) is 5.56 Å². The van der Waals surface area contributed by atoms with Crippen LogP contribution in [-0.2, 0) is 5.75 Å². The Hall–Kier alpha value is -3.71. The van der Waals surface area contributed by atoms with Crippen LogP contribution in [0.2, 0.25) is 0 Å². The summed E-state index contributed by atoms with van der Waals surface area (Å²) in [5.41, 5.74) is 4.40. The smallest absolute Gasteiger partial charge is 0.258 e. The van der Waals surface area contributed by atoms with Crippen molar-refractivity contribution in [3.63, 3.8) is 0 Å². The summed E-state index contributed by atoms with van der Waals surface area (Å²) in [5, 5.41) is 9.70. The molecule has 0 bridgehead atoms. The predicted octanol–water partition coefficient (Wildman–Crippen LogP) is 4.54. The zero-order chi connectivity index (χ0) is 21.2. The number of aromatic nitrogens is 5. The number of hydrogen-bond acceptors (Lipinski definition) is 5. The van der Waals surface area contributed by atoms with Crippen LogP contribution in [0, 0.1) is 6.92 Å². The van der Waals surface area contributed by atoms with E-state index in [1.807, 2.05) is 65.2 Å². The van der Waals surface area contributed by atoms with Crippen LogP contribution in [-0.4, -0.2) is 24.1 Å². The molecule has 0 saturated carbocycles. The van der Waals surface area contributed by atoms with Gasteiger partial charge in [-0.15, -0.1) is 10.2 Å². The maximum Gasteiger partial charge on any atom is 0.258 e. The molecule has 0 unspecified atom stereocenters. The fraction of sp³-hybridized carbons (Fsp3) is 0.0833. The normalized spacial score (nSPS) is 11.1. The Balaban J connectivity index is 1.53. The van der Waals surface area contributed by atoms with Gasteiger partial charge in [-0.1, -0.05) is 59.8 Å². The van der Waals surface area contributed by atoms with Gasteiger partial charge in [0.2, 0.25) is 0 Å². The van der Waals surface area contributed by atoms with Gasteiger partial charge < -0.3 is 0 Å². The highest BCUT2D eigenvalue weighted by Gasteiger charge is 2.17. The van der Waals surface area contributed by atoms with Crippen LogP contribution < -0.4 is 5.56 Å². The summed E-state index contributed by atoms with van der Waals surface area (Å²) < 4.78 is 3.59. The lowest BCUT2D eigenvalue weighted by Crippen LogP contribution is -2.14. The summed E-state index contributed by atoms with van der Waals surface area (Å²) >= 11 is 1.51. The summed E-state index contributed by atoms with van der Waals surface area (Å²) in [6, 6.07) is 25.4. The monoisotopic (exact) mass is 425 g/mol. The average molecular weight is 426 g/mol. The lowest BCUT2D eigenvalue weighted by molar-refractivity contribution is 0.884. The van der Waals surface area contributed by atoms with Crippen molar-refractivity contribution in [2.75, 3.05) is 0 Å². The van der Waals surface area contributed by atoms with Crippen LogP contribution in [0.15, 0.2) is 95.0 Å². The van der Waals surface area contributed by atoms with Gasteiger partial charge in [0.05, 0.1) is 5.69 Å². The minimum absolute atomic E-state index is 0.0915. The molecule has 7 heteroatoms. The van der Waals surface area contributed by atoms with Gasteiger partial charge in [0.1, 0.15) is 5.65 Å². The Morgan fingerprint density at radius 2 is 1.74 bits per heavy atom. The molecule has 0 fully saturated rings. The zero-order valence-corrected chi connectivity index (χ0v) is 17.7. The van der Waals surface area contributed by atoms with Crippen molar-refractivity contribution in [2.45, 2.75) is 17.8 Å². The van der Waals surface area contributed by atoms with E-state index in [2.05, 4.69) is 34.2 Å². The van der Waals surface area contributed by atoms with Crippen LogP contribution in [0.25, 0.3) is 22.7 Å². The van der Waals surface area contributed by atoms with E-state index >= 15 is 0 Å². The third kappa shape index (κ3) is 3.87. The van der Waals surface area contributed by atoms with Crippen LogP contribution in [0.5, 0.6) is 0 Å². The summed E-state index contributed by atoms with van der Waals surface area (Å²) in [5.74, 6) is 1.29. The van der Waals surface area contributed by atoms with E-state index in [4.69, 9.17) is 0 Å². The van der Waals surface area contributed by atoms with Gasteiger partial charge in [0, 0.05) is 29.3 Å². The van der Waals surface area contributed by atoms with Crippen molar-refractivity contribution in [2.24, 2.45) is 0 Å². The van der Waals surface area contributed by atoms with E-state index in [1.54, 1.807) is 12.3 Å². The minimum atomic E-state index is -0.0915. The molecule has 0 amide bonds. The molecule has 31 heavy (non-hydrogen) atoms. The quantitative estimate of drug-likeness (QED) is 0.387. The first-order valence-electron chi connectivity index (χ1n) is 9.87. The standard InChI is InChI=1S/C24H19N5OS/c1-17-8-7-9-18(14-17)23-26-27-24(29(23)20-10-3-2-4-11-20)31-16-19-15-22(30)28-13-6-5-12-21(28)25-19/h2-15H,16H2,1H3. The van der Waals surface area contributed by atoms with Crippen molar-refractivity contribution < 1.29 is 0 Å². The maximum absolute atomic E-state index is 12.4. The molecule has 0 N–H and O–H groups in total. The molecule has 0 aliphatic rings. The molecule has 2 aromatic carbocycles. The van der Waals surface area contributed by atoms with E-state index in [1.165, 1.54) is 16.2 Å². The number of hydrogen-bond donors (Lipinski definition) is 0. The first kappa shape index (κ1) is 19.3. The highest BCUT2D eigenvalue weighted by atomic mass is 32.2. The van der Waals surface area contributed by atoms with Gasteiger partial charge >= 0.3 is 0 Å². The highest BCUT2D eigenvalue weighted by molar-refractivity contribution is 7.98. The topological polar surface area (TPSA) is 65.1 Å². The summed E-state index contributed by atoms with van der Waals surface area (Å²) in [6.07, 6.45) is 1.72. The molecular formula is C24H19N5OS. The summed E-state index contributed by atoms with van der Waals surface area (Å²) in [6.45, 7) is 2.06. The first-order chi connectivity index (χ1) is 15.2. The second kappa shape index (κ2) is 8.20. The second-order valence-electron chi connectivity index (χ2n) is 7.15. The Morgan fingerprint density at radius 3 is 2.58 bits per heavy atom. The van der Waals surface area contributed by atoms with E-state index in [-0.39, 0.29) is 5.56 Å². The zero-order valence-electron chi connectivity index (χ0n) is 16.8. The first-order valence-corrected chi connectivity index (χ1v) is 10.9. The fourth-order valence-corrected chi connectivity index (χ4v) is 4.30. The number of pyridine rings is 1. The van der Waals surface area contributed by atoms with Crippen LogP contribution in [0.1, 0.15) is 11.3 Å². The number of rotatable bonds is 5. The molecule has 0 spiro atoms. The second-order valence-corrected chi connectivity index (χ2v) is 8.09. The molecule has 0 aliphatic heterocycles. The number of benzene rings is 2. The van der Waals surface area contributed by atoms with E-state index in [0.717, 1.165) is 27.8 Å². The summed E-state index contributed by atoms with van der Waals surface area (Å²) in [4.78, 5) is 17.0. The van der Waals surface area contributed by atoms with Crippen LogP contribution in [0.3, 0.4) is 0 Å². The van der Waals surface area contributed by atoms with E-state index in [0.29, 0.717) is 17.1 Å². The molecule has 0 atom stereocenters. The Labute approximate surface area is 183 Å². The van der Waals surface area contributed by atoms with Crippen molar-refractivity contribution in [3.8, 4) is 17.1 Å². The number of nitrogens with zero attached hydrogens (tertiary/aromatic N) is 5. The Bertz CT molecular complexity index is 1430. The van der Waals surface area contributed by atoms with Crippen molar-refractivity contribution in [3.05, 3.63) is 107 Å². The Kier molecular flexibility index (Phi) is 5.09. The molecular weight excluding hydrogens is 406 g/mol. The van der Waals surface area contributed by atoms with Gasteiger partial charge in [-0.25, -0.2) is 4.98 Å². The SMILES string of the molecule is Cc1cccc(-c2nnc(SCc3cc(=O)n4ccccc4n3)n2-c2ccccc2)c1. The van der Waals surface area contributed by atoms with Crippen LogP contribution >= 0.6 is 11.8 Å². The summed E-state index contributed by atoms with van der Waals surface area (Å²) in [7, 11) is 0. The third-order valence-corrected chi connectivity index (χ3v) is 5.86. The van der Waals surface area contributed by atoms with Gasteiger partial charge in [0.15, 0.2) is 11.0 Å². The van der Waals surface area contributed by atoms with Crippen molar-refractivity contribution >= 4 is 17.4 Å². The lowest BCUT2D eigenvalue weighted by Gasteiger charge is -2.11. The van der Waals surface area contributed by atoms with Crippen LogP contribution in [0.4, 0.5) is 0 Å². The molecule has 3 aromatic heterocycles. The number of fused-ring (bicyclic) bond motifs is 1. The van der Waals surface area contributed by atoms with Gasteiger partial charge in [-0.05, 0) is 37.3 Å². The lowest BCUT2D eigenvalue weighted by atomic mass is 10.1.